The molecule has 1 atom stereocenters. The molecule has 0 aliphatic carbocycles. The molecule has 0 fully saturated rings. The molecule has 1 N–H and O–H groups in total. The van der Waals surface area contributed by atoms with Gasteiger partial charge in [-0.1, -0.05) is 23.9 Å². The number of nitrogens with zero attached hydrogens (tertiary/aromatic N) is 4. The first-order valence-corrected chi connectivity index (χ1v) is 9.22. The Labute approximate surface area is 158 Å². The molecule has 27 heavy (non-hydrogen) atoms. The van der Waals surface area contributed by atoms with Crippen LogP contribution in [0.15, 0.2) is 58.5 Å². The summed E-state index contributed by atoms with van der Waals surface area (Å²) in [5, 5.41) is 9.55. The third-order valence-corrected chi connectivity index (χ3v) is 5.38. The van der Waals surface area contributed by atoms with Crippen LogP contribution in [-0.4, -0.2) is 24.7 Å². The lowest BCUT2D eigenvalue weighted by Gasteiger charge is -2.11. The van der Waals surface area contributed by atoms with Gasteiger partial charge in [-0.05, 0) is 43.3 Å². The summed E-state index contributed by atoms with van der Waals surface area (Å²) in [6.45, 7) is 1.95. The summed E-state index contributed by atoms with van der Waals surface area (Å²) in [5.41, 5.74) is 1.28. The van der Waals surface area contributed by atoms with Gasteiger partial charge < -0.3 is 9.55 Å². The van der Waals surface area contributed by atoms with Gasteiger partial charge in [-0.25, -0.2) is 9.37 Å². The molecule has 0 unspecified atom stereocenters. The summed E-state index contributed by atoms with van der Waals surface area (Å²) in [4.78, 5) is 19.7. The molecule has 0 bridgehead atoms. The maximum Gasteiger partial charge on any atom is 0.258 e. The van der Waals surface area contributed by atoms with Crippen LogP contribution >= 0.6 is 11.8 Å². The molecule has 0 radical (unpaired) electrons. The molecule has 0 saturated carbocycles. The van der Waals surface area contributed by atoms with Crippen LogP contribution in [0, 0.1) is 5.82 Å². The summed E-state index contributed by atoms with van der Waals surface area (Å²) in [6.07, 6.45) is 0. The van der Waals surface area contributed by atoms with Crippen molar-refractivity contribution >= 4 is 22.7 Å². The fourth-order valence-electron chi connectivity index (χ4n) is 2.78. The minimum absolute atomic E-state index is 0.133. The van der Waals surface area contributed by atoms with Crippen molar-refractivity contribution in [2.45, 2.75) is 17.3 Å². The van der Waals surface area contributed by atoms with E-state index >= 15 is 0 Å². The summed E-state index contributed by atoms with van der Waals surface area (Å²) in [7, 11) is 1.85. The van der Waals surface area contributed by atoms with Crippen LogP contribution in [0.3, 0.4) is 0 Å². The topological polar surface area (TPSA) is 76.5 Å². The van der Waals surface area contributed by atoms with Crippen molar-refractivity contribution in [3.8, 4) is 11.4 Å². The number of halogens is 1. The highest BCUT2D eigenvalue weighted by Gasteiger charge is 2.18. The lowest BCUT2D eigenvalue weighted by molar-refractivity contribution is 0.628. The standard InChI is InChI=1S/C19H16FN5OS/c1-11(16-21-15-6-4-3-5-14(15)18(26)22-16)27-19-24-23-17(25(19)2)12-7-9-13(20)10-8-12/h3-11H,1-2H3,(H,21,22,26)/t11-/m0/s1. The molecule has 2 aromatic heterocycles. The second kappa shape index (κ2) is 6.96. The number of H-pyrrole nitrogens is 1. The third kappa shape index (κ3) is 3.35. The van der Waals surface area contributed by atoms with Crippen LogP contribution < -0.4 is 5.56 Å². The summed E-state index contributed by atoms with van der Waals surface area (Å²) < 4.78 is 15.0. The number of para-hydroxylation sites is 1. The highest BCUT2D eigenvalue weighted by atomic mass is 32.2. The fourth-order valence-corrected chi connectivity index (χ4v) is 3.65. The van der Waals surface area contributed by atoms with E-state index in [1.165, 1.54) is 23.9 Å². The molecule has 2 aromatic carbocycles. The molecule has 8 heteroatoms. The number of thioether (sulfide) groups is 1. The van der Waals surface area contributed by atoms with E-state index in [4.69, 9.17) is 0 Å². The van der Waals surface area contributed by atoms with Crippen LogP contribution in [-0.2, 0) is 7.05 Å². The highest BCUT2D eigenvalue weighted by molar-refractivity contribution is 7.99. The van der Waals surface area contributed by atoms with Gasteiger partial charge in [0.2, 0.25) is 0 Å². The van der Waals surface area contributed by atoms with E-state index in [9.17, 15) is 9.18 Å². The van der Waals surface area contributed by atoms with Gasteiger partial charge in [0, 0.05) is 12.6 Å². The lowest BCUT2D eigenvalue weighted by Crippen LogP contribution is -2.13. The minimum Gasteiger partial charge on any atom is -0.309 e. The molecule has 2 heterocycles. The maximum atomic E-state index is 13.1. The zero-order valence-corrected chi connectivity index (χ0v) is 15.5. The van der Waals surface area contributed by atoms with Gasteiger partial charge in [-0.2, -0.15) is 0 Å². The second-order valence-corrected chi connectivity index (χ2v) is 7.41. The van der Waals surface area contributed by atoms with E-state index < -0.39 is 0 Å². The number of hydrogen-bond acceptors (Lipinski definition) is 5. The minimum atomic E-state index is -0.296. The Balaban J connectivity index is 1.63. The fraction of sp³-hybridized carbons (Fsp3) is 0.158. The number of benzene rings is 2. The van der Waals surface area contributed by atoms with E-state index in [2.05, 4.69) is 20.2 Å². The smallest absolute Gasteiger partial charge is 0.258 e. The molecule has 4 aromatic rings. The van der Waals surface area contributed by atoms with Gasteiger partial charge in [-0.3, -0.25) is 4.79 Å². The Kier molecular flexibility index (Phi) is 4.49. The van der Waals surface area contributed by atoms with Crippen molar-refractivity contribution in [3.05, 3.63) is 70.5 Å². The average molecular weight is 381 g/mol. The monoisotopic (exact) mass is 381 g/mol. The van der Waals surface area contributed by atoms with E-state index in [1.807, 2.05) is 36.7 Å². The van der Waals surface area contributed by atoms with Gasteiger partial charge in [-0.15, -0.1) is 10.2 Å². The maximum absolute atomic E-state index is 13.1. The number of hydrogen-bond donors (Lipinski definition) is 1. The zero-order valence-electron chi connectivity index (χ0n) is 14.7. The predicted octanol–water partition coefficient (Wildman–Crippen LogP) is 3.71. The molecule has 0 aliphatic heterocycles. The van der Waals surface area contributed by atoms with Crippen molar-refractivity contribution in [3.63, 3.8) is 0 Å². The largest absolute Gasteiger partial charge is 0.309 e. The Morgan fingerprint density at radius 1 is 1.11 bits per heavy atom. The second-order valence-electron chi connectivity index (χ2n) is 6.10. The van der Waals surface area contributed by atoms with Gasteiger partial charge in [0.15, 0.2) is 11.0 Å². The molecule has 6 nitrogen and oxygen atoms in total. The Morgan fingerprint density at radius 2 is 1.85 bits per heavy atom. The predicted molar refractivity (Wildman–Crippen MR) is 103 cm³/mol. The third-order valence-electron chi connectivity index (χ3n) is 4.24. The number of aromatic nitrogens is 5. The number of aromatic amines is 1. The average Bonchev–Trinajstić information content (AvgIpc) is 3.03. The lowest BCUT2D eigenvalue weighted by atomic mass is 10.2. The molecule has 0 aliphatic rings. The number of nitrogens with one attached hydrogen (secondary N) is 1. The van der Waals surface area contributed by atoms with Crippen LogP contribution in [0.2, 0.25) is 0 Å². The summed E-state index contributed by atoms with van der Waals surface area (Å²) in [5.74, 6) is 0.926. The SMILES string of the molecule is C[C@H](Sc1nnc(-c2ccc(F)cc2)n1C)c1nc2ccccc2c(=O)[nH]1. The molecular formula is C19H16FN5OS. The molecule has 0 spiro atoms. The van der Waals surface area contributed by atoms with E-state index in [1.54, 1.807) is 18.2 Å². The van der Waals surface area contributed by atoms with Crippen LogP contribution in [0.25, 0.3) is 22.3 Å². The van der Waals surface area contributed by atoms with Crippen molar-refractivity contribution in [1.82, 2.24) is 24.7 Å². The first-order chi connectivity index (χ1) is 13.0. The molecule has 4 rings (SSSR count). The van der Waals surface area contributed by atoms with Crippen molar-refractivity contribution in [1.29, 1.82) is 0 Å². The van der Waals surface area contributed by atoms with Crippen LogP contribution in [0.4, 0.5) is 4.39 Å². The number of fused-ring (bicyclic) bond motifs is 1. The van der Waals surface area contributed by atoms with Gasteiger partial charge in [0.1, 0.15) is 11.6 Å². The Bertz CT molecular complexity index is 1170. The van der Waals surface area contributed by atoms with Crippen LogP contribution in [0.5, 0.6) is 0 Å². The molecular weight excluding hydrogens is 365 g/mol. The Hall–Kier alpha value is -3.00. The van der Waals surface area contributed by atoms with E-state index in [0.717, 1.165) is 5.56 Å². The van der Waals surface area contributed by atoms with Crippen molar-refractivity contribution in [2.24, 2.45) is 7.05 Å². The van der Waals surface area contributed by atoms with Crippen LogP contribution in [0.1, 0.15) is 18.0 Å². The van der Waals surface area contributed by atoms with E-state index in [0.29, 0.717) is 27.7 Å². The van der Waals surface area contributed by atoms with Gasteiger partial charge in [0.25, 0.3) is 5.56 Å². The molecule has 0 amide bonds. The zero-order chi connectivity index (χ0) is 19.0. The van der Waals surface area contributed by atoms with Gasteiger partial charge >= 0.3 is 0 Å². The molecule has 136 valence electrons. The first-order valence-electron chi connectivity index (χ1n) is 8.34. The Morgan fingerprint density at radius 3 is 2.63 bits per heavy atom. The quantitative estimate of drug-likeness (QED) is 0.545. The normalized spacial score (nSPS) is 12.4. The summed E-state index contributed by atoms with van der Waals surface area (Å²) in [6, 6.07) is 13.4. The van der Waals surface area contributed by atoms with Crippen molar-refractivity contribution < 1.29 is 4.39 Å². The van der Waals surface area contributed by atoms with E-state index in [-0.39, 0.29) is 16.6 Å². The molecule has 0 saturated heterocycles. The highest BCUT2D eigenvalue weighted by Crippen LogP contribution is 2.33. The summed E-state index contributed by atoms with van der Waals surface area (Å²) >= 11 is 1.44. The van der Waals surface area contributed by atoms with Crippen molar-refractivity contribution in [2.75, 3.05) is 0 Å². The number of rotatable bonds is 4. The first kappa shape index (κ1) is 17.4. The van der Waals surface area contributed by atoms with Gasteiger partial charge in [0.05, 0.1) is 16.2 Å².